The van der Waals surface area contributed by atoms with Crippen molar-refractivity contribution >= 4 is 40.2 Å². The fourth-order valence-electron chi connectivity index (χ4n) is 3.61. The van der Waals surface area contributed by atoms with Crippen LogP contribution in [0.2, 0.25) is 5.02 Å². The summed E-state index contributed by atoms with van der Waals surface area (Å²) >= 11 is 9.11. The zero-order valence-corrected chi connectivity index (χ0v) is 19.7. The van der Waals surface area contributed by atoms with E-state index in [0.29, 0.717) is 41.2 Å². The number of carbonyl (C=O) groups is 1. The SMILES string of the molecule is Cc1nc(-c2cccc(Cl)c2)sc1C(=O)N1CCN(Cc2nc(-c3cccs3)no2)CC1. The lowest BCUT2D eigenvalue weighted by molar-refractivity contribution is 0.0619. The van der Waals surface area contributed by atoms with Gasteiger partial charge in [-0.05, 0) is 30.5 Å². The van der Waals surface area contributed by atoms with Crippen LogP contribution in [0, 0.1) is 6.92 Å². The number of halogens is 1. The Bertz CT molecular complexity index is 1230. The second kappa shape index (κ2) is 9.11. The van der Waals surface area contributed by atoms with Crippen LogP contribution in [0.15, 0.2) is 46.3 Å². The van der Waals surface area contributed by atoms with E-state index >= 15 is 0 Å². The van der Waals surface area contributed by atoms with Gasteiger partial charge in [0.25, 0.3) is 5.91 Å². The number of aryl methyl sites for hydroxylation is 1. The normalized spacial score (nSPS) is 14.8. The van der Waals surface area contributed by atoms with Gasteiger partial charge < -0.3 is 9.42 Å². The van der Waals surface area contributed by atoms with Gasteiger partial charge in [-0.3, -0.25) is 9.69 Å². The first kappa shape index (κ1) is 21.3. The first-order chi connectivity index (χ1) is 15.6. The van der Waals surface area contributed by atoms with Crippen LogP contribution in [0.5, 0.6) is 0 Å². The van der Waals surface area contributed by atoms with Gasteiger partial charge in [0.2, 0.25) is 11.7 Å². The van der Waals surface area contributed by atoms with Crippen LogP contribution < -0.4 is 0 Å². The van der Waals surface area contributed by atoms with E-state index < -0.39 is 0 Å². The number of thiophene rings is 1. The molecule has 32 heavy (non-hydrogen) atoms. The van der Waals surface area contributed by atoms with Crippen molar-refractivity contribution in [2.24, 2.45) is 0 Å². The highest BCUT2D eigenvalue weighted by Crippen LogP contribution is 2.30. The summed E-state index contributed by atoms with van der Waals surface area (Å²) in [4.78, 5) is 28.0. The Hall–Kier alpha value is -2.59. The summed E-state index contributed by atoms with van der Waals surface area (Å²) in [5, 5.41) is 7.52. The number of piperazine rings is 1. The third kappa shape index (κ3) is 4.47. The Balaban J connectivity index is 1.21. The second-order valence-corrected chi connectivity index (χ2v) is 9.88. The number of amides is 1. The number of benzene rings is 1. The fourth-order valence-corrected chi connectivity index (χ4v) is 5.48. The topological polar surface area (TPSA) is 75.4 Å². The lowest BCUT2D eigenvalue weighted by Gasteiger charge is -2.33. The molecule has 0 N–H and O–H groups in total. The molecule has 1 aromatic carbocycles. The minimum atomic E-state index is 0.0331. The Morgan fingerprint density at radius 3 is 2.75 bits per heavy atom. The van der Waals surface area contributed by atoms with Crippen molar-refractivity contribution < 1.29 is 9.32 Å². The van der Waals surface area contributed by atoms with Gasteiger partial charge in [0.15, 0.2) is 0 Å². The van der Waals surface area contributed by atoms with Crippen LogP contribution in [-0.4, -0.2) is 57.0 Å². The summed E-state index contributed by atoms with van der Waals surface area (Å²) in [6, 6.07) is 11.5. The van der Waals surface area contributed by atoms with E-state index in [4.69, 9.17) is 16.1 Å². The third-order valence-corrected chi connectivity index (χ3v) is 7.59. The molecule has 1 saturated heterocycles. The minimum absolute atomic E-state index is 0.0331. The first-order valence-electron chi connectivity index (χ1n) is 10.2. The Kier molecular flexibility index (Phi) is 6.05. The molecule has 164 valence electrons. The van der Waals surface area contributed by atoms with E-state index in [2.05, 4.69) is 20.0 Å². The minimum Gasteiger partial charge on any atom is -0.338 e. The van der Waals surface area contributed by atoms with Crippen LogP contribution in [-0.2, 0) is 6.54 Å². The largest absolute Gasteiger partial charge is 0.338 e. The smallest absolute Gasteiger partial charge is 0.265 e. The van der Waals surface area contributed by atoms with Crippen molar-refractivity contribution in [2.45, 2.75) is 13.5 Å². The molecule has 7 nitrogen and oxygen atoms in total. The summed E-state index contributed by atoms with van der Waals surface area (Å²) in [6.45, 7) is 5.26. The lowest BCUT2D eigenvalue weighted by Crippen LogP contribution is -2.48. The van der Waals surface area contributed by atoms with Gasteiger partial charge in [0.1, 0.15) is 9.88 Å². The molecule has 0 aliphatic carbocycles. The monoisotopic (exact) mass is 485 g/mol. The second-order valence-electron chi connectivity index (χ2n) is 7.50. The number of thiazole rings is 1. The number of nitrogens with zero attached hydrogens (tertiary/aromatic N) is 5. The van der Waals surface area contributed by atoms with Gasteiger partial charge in [-0.25, -0.2) is 4.98 Å². The quantitative estimate of drug-likeness (QED) is 0.402. The standard InChI is InChI=1S/C22H20ClN5O2S2/c1-14-19(32-21(24-14)15-4-2-5-16(23)12-15)22(29)28-9-7-27(8-10-28)13-18-25-20(26-30-18)17-6-3-11-31-17/h2-6,11-12H,7-10,13H2,1H3. The Morgan fingerprint density at radius 1 is 1.16 bits per heavy atom. The van der Waals surface area contributed by atoms with Crippen LogP contribution >= 0.6 is 34.3 Å². The maximum absolute atomic E-state index is 13.1. The van der Waals surface area contributed by atoms with Crippen molar-refractivity contribution in [3.63, 3.8) is 0 Å². The average molecular weight is 486 g/mol. The molecule has 1 amide bonds. The number of hydrogen-bond acceptors (Lipinski definition) is 8. The Labute approximate surface area is 198 Å². The molecule has 5 rings (SSSR count). The van der Waals surface area contributed by atoms with E-state index in [0.717, 1.165) is 34.2 Å². The molecule has 0 radical (unpaired) electrons. The summed E-state index contributed by atoms with van der Waals surface area (Å²) in [5.41, 5.74) is 1.68. The highest BCUT2D eigenvalue weighted by molar-refractivity contribution is 7.17. The van der Waals surface area contributed by atoms with Crippen molar-refractivity contribution in [1.82, 2.24) is 24.9 Å². The maximum atomic E-state index is 13.1. The van der Waals surface area contributed by atoms with Gasteiger partial charge in [-0.1, -0.05) is 35.0 Å². The number of hydrogen-bond donors (Lipinski definition) is 0. The number of rotatable bonds is 5. The van der Waals surface area contributed by atoms with Crippen LogP contribution in [0.25, 0.3) is 21.3 Å². The summed E-state index contributed by atoms with van der Waals surface area (Å²) < 4.78 is 5.41. The van der Waals surface area contributed by atoms with Crippen LogP contribution in [0.3, 0.4) is 0 Å². The predicted octanol–water partition coefficient (Wildman–Crippen LogP) is 4.84. The molecule has 0 unspecified atom stereocenters. The van der Waals surface area contributed by atoms with Crippen LogP contribution in [0.4, 0.5) is 0 Å². The molecule has 1 fully saturated rings. The Morgan fingerprint density at radius 2 is 2.00 bits per heavy atom. The number of carbonyl (C=O) groups excluding carboxylic acids is 1. The van der Waals surface area contributed by atoms with Crippen LogP contribution in [0.1, 0.15) is 21.3 Å². The molecule has 10 heteroatoms. The average Bonchev–Trinajstić information content (AvgIpc) is 3.55. The molecule has 4 heterocycles. The molecular weight excluding hydrogens is 466 g/mol. The van der Waals surface area contributed by atoms with Gasteiger partial charge >= 0.3 is 0 Å². The molecule has 1 aliphatic rings. The molecule has 0 atom stereocenters. The maximum Gasteiger partial charge on any atom is 0.265 e. The summed E-state index contributed by atoms with van der Waals surface area (Å²) in [7, 11) is 0. The predicted molar refractivity (Wildman–Crippen MR) is 126 cm³/mol. The van der Waals surface area contributed by atoms with Gasteiger partial charge in [-0.2, -0.15) is 4.98 Å². The number of aromatic nitrogens is 3. The first-order valence-corrected chi connectivity index (χ1v) is 12.3. The summed E-state index contributed by atoms with van der Waals surface area (Å²) in [5.74, 6) is 1.25. The zero-order chi connectivity index (χ0) is 22.1. The van der Waals surface area contributed by atoms with Gasteiger partial charge in [0.05, 0.1) is 17.1 Å². The van der Waals surface area contributed by atoms with Gasteiger partial charge in [0, 0.05) is 36.8 Å². The van der Waals surface area contributed by atoms with Gasteiger partial charge in [-0.15, -0.1) is 22.7 Å². The van der Waals surface area contributed by atoms with Crippen molar-refractivity contribution in [2.75, 3.05) is 26.2 Å². The van der Waals surface area contributed by atoms with E-state index in [1.54, 1.807) is 11.3 Å². The van der Waals surface area contributed by atoms with E-state index in [1.807, 2.05) is 53.6 Å². The van der Waals surface area contributed by atoms with E-state index in [-0.39, 0.29) is 5.91 Å². The molecule has 0 bridgehead atoms. The fraction of sp³-hybridized carbons (Fsp3) is 0.273. The molecule has 0 spiro atoms. The highest BCUT2D eigenvalue weighted by atomic mass is 35.5. The van der Waals surface area contributed by atoms with E-state index in [1.165, 1.54) is 11.3 Å². The molecule has 0 saturated carbocycles. The molecular formula is C22H20ClN5O2S2. The van der Waals surface area contributed by atoms with Crippen molar-refractivity contribution in [3.8, 4) is 21.3 Å². The lowest BCUT2D eigenvalue weighted by atomic mass is 10.2. The molecule has 1 aliphatic heterocycles. The summed E-state index contributed by atoms with van der Waals surface area (Å²) in [6.07, 6.45) is 0. The molecule has 3 aromatic heterocycles. The van der Waals surface area contributed by atoms with Crippen molar-refractivity contribution in [1.29, 1.82) is 0 Å². The molecule has 4 aromatic rings. The zero-order valence-electron chi connectivity index (χ0n) is 17.3. The third-order valence-electron chi connectivity index (χ3n) is 5.29. The highest BCUT2D eigenvalue weighted by Gasteiger charge is 2.26. The van der Waals surface area contributed by atoms with E-state index in [9.17, 15) is 4.79 Å². The van der Waals surface area contributed by atoms with Crippen molar-refractivity contribution in [3.05, 3.63) is 63.3 Å².